The molecule has 1 heteroatoms. The summed E-state index contributed by atoms with van der Waals surface area (Å²) in [7, 11) is 0. The molecule has 1 unspecified atom stereocenters. The van der Waals surface area contributed by atoms with E-state index in [0.717, 1.165) is 5.92 Å². The number of carbonyl (C=O) groups excluding carboxylic acids is 1. The third-order valence-corrected chi connectivity index (χ3v) is 3.54. The maximum Gasteiger partial charge on any atom is 0.139 e. The van der Waals surface area contributed by atoms with E-state index < -0.39 is 0 Å². The summed E-state index contributed by atoms with van der Waals surface area (Å²) in [4.78, 5) is 11.8. The van der Waals surface area contributed by atoms with Gasteiger partial charge in [-0.3, -0.25) is 4.79 Å². The zero-order chi connectivity index (χ0) is 8.55. The van der Waals surface area contributed by atoms with Crippen LogP contribution in [0.1, 0.15) is 45.4 Å². The van der Waals surface area contributed by atoms with Gasteiger partial charge in [0.25, 0.3) is 0 Å². The third kappa shape index (κ3) is 1.55. The van der Waals surface area contributed by atoms with E-state index in [0.29, 0.717) is 17.6 Å². The molecule has 0 amide bonds. The van der Waals surface area contributed by atoms with Crippen LogP contribution in [0, 0.1) is 17.8 Å². The number of ketones is 1. The number of rotatable bonds is 3. The van der Waals surface area contributed by atoms with Gasteiger partial charge in [-0.2, -0.15) is 0 Å². The summed E-state index contributed by atoms with van der Waals surface area (Å²) in [6, 6.07) is 0. The first-order valence-corrected chi connectivity index (χ1v) is 5.33. The standard InChI is InChI=1S/C11H18O/c1-8(9-6-7-9)11(12)10-4-2-3-5-10/h8-10H,2-7H2,1H3. The van der Waals surface area contributed by atoms with Gasteiger partial charge in [-0.15, -0.1) is 0 Å². The topological polar surface area (TPSA) is 17.1 Å². The summed E-state index contributed by atoms with van der Waals surface area (Å²) in [6.45, 7) is 2.14. The molecule has 1 nitrogen and oxygen atoms in total. The lowest BCUT2D eigenvalue weighted by atomic mass is 9.90. The van der Waals surface area contributed by atoms with Gasteiger partial charge in [-0.25, -0.2) is 0 Å². The smallest absolute Gasteiger partial charge is 0.139 e. The van der Waals surface area contributed by atoms with E-state index in [9.17, 15) is 4.79 Å². The highest BCUT2D eigenvalue weighted by atomic mass is 16.1. The van der Waals surface area contributed by atoms with Crippen molar-refractivity contribution in [3.05, 3.63) is 0 Å². The molecule has 0 N–H and O–H groups in total. The minimum absolute atomic E-state index is 0.382. The van der Waals surface area contributed by atoms with Crippen LogP contribution < -0.4 is 0 Å². The van der Waals surface area contributed by atoms with E-state index in [2.05, 4.69) is 6.92 Å². The molecule has 0 aromatic rings. The van der Waals surface area contributed by atoms with Crippen molar-refractivity contribution in [3.63, 3.8) is 0 Å². The van der Waals surface area contributed by atoms with Crippen LogP contribution in [0.3, 0.4) is 0 Å². The predicted octanol–water partition coefficient (Wildman–Crippen LogP) is 2.79. The molecule has 0 bridgehead atoms. The largest absolute Gasteiger partial charge is 0.299 e. The lowest BCUT2D eigenvalue weighted by Gasteiger charge is -2.13. The molecule has 2 aliphatic carbocycles. The highest BCUT2D eigenvalue weighted by Gasteiger charge is 2.36. The van der Waals surface area contributed by atoms with E-state index in [1.807, 2.05) is 0 Å². The molecule has 2 fully saturated rings. The number of hydrogen-bond donors (Lipinski definition) is 0. The quantitative estimate of drug-likeness (QED) is 0.630. The van der Waals surface area contributed by atoms with Gasteiger partial charge in [0.1, 0.15) is 5.78 Å². The Kier molecular flexibility index (Phi) is 2.20. The Morgan fingerprint density at radius 2 is 1.75 bits per heavy atom. The molecule has 0 aromatic heterocycles. The zero-order valence-electron chi connectivity index (χ0n) is 7.88. The number of hydrogen-bond acceptors (Lipinski definition) is 1. The minimum atomic E-state index is 0.382. The number of Topliss-reactive ketones (excluding diaryl/α,β-unsaturated/α-hetero) is 1. The molecule has 2 aliphatic rings. The molecule has 0 spiro atoms. The Bertz CT molecular complexity index is 171. The van der Waals surface area contributed by atoms with Crippen LogP contribution in [0.5, 0.6) is 0 Å². The lowest BCUT2D eigenvalue weighted by molar-refractivity contribution is -0.126. The summed E-state index contributed by atoms with van der Waals surface area (Å²) < 4.78 is 0. The average molecular weight is 166 g/mol. The summed E-state index contributed by atoms with van der Waals surface area (Å²) in [6.07, 6.45) is 7.53. The molecule has 68 valence electrons. The first-order valence-electron chi connectivity index (χ1n) is 5.33. The van der Waals surface area contributed by atoms with Crippen LogP contribution in [0.2, 0.25) is 0 Å². The normalized spacial score (nSPS) is 27.4. The summed E-state index contributed by atoms with van der Waals surface area (Å²) >= 11 is 0. The molecule has 0 radical (unpaired) electrons. The highest BCUT2D eigenvalue weighted by Crippen LogP contribution is 2.40. The Morgan fingerprint density at radius 1 is 1.17 bits per heavy atom. The molecule has 0 saturated heterocycles. The fourth-order valence-corrected chi connectivity index (χ4v) is 2.41. The second kappa shape index (κ2) is 3.20. The Balaban J connectivity index is 1.88. The molecule has 0 aromatic carbocycles. The molecule has 2 rings (SSSR count). The van der Waals surface area contributed by atoms with Gasteiger partial charge >= 0.3 is 0 Å². The Labute approximate surface area is 74.5 Å². The van der Waals surface area contributed by atoms with Crippen molar-refractivity contribution in [2.75, 3.05) is 0 Å². The van der Waals surface area contributed by atoms with Gasteiger partial charge in [0.05, 0.1) is 0 Å². The Morgan fingerprint density at radius 3 is 2.25 bits per heavy atom. The summed E-state index contributed by atoms with van der Waals surface area (Å²) in [5, 5.41) is 0. The van der Waals surface area contributed by atoms with Gasteiger partial charge < -0.3 is 0 Å². The van der Waals surface area contributed by atoms with Gasteiger partial charge in [0, 0.05) is 11.8 Å². The van der Waals surface area contributed by atoms with Crippen molar-refractivity contribution in [2.24, 2.45) is 17.8 Å². The van der Waals surface area contributed by atoms with E-state index in [1.54, 1.807) is 0 Å². The van der Waals surface area contributed by atoms with Crippen LogP contribution >= 0.6 is 0 Å². The summed E-state index contributed by atoms with van der Waals surface area (Å²) in [5.41, 5.74) is 0. The zero-order valence-corrected chi connectivity index (χ0v) is 7.88. The molecule has 0 heterocycles. The predicted molar refractivity (Wildman–Crippen MR) is 48.9 cm³/mol. The second-order valence-electron chi connectivity index (χ2n) is 4.51. The van der Waals surface area contributed by atoms with Gasteiger partial charge in [0.2, 0.25) is 0 Å². The molecule has 12 heavy (non-hydrogen) atoms. The van der Waals surface area contributed by atoms with Gasteiger partial charge in [-0.1, -0.05) is 19.8 Å². The molecule has 2 saturated carbocycles. The van der Waals surface area contributed by atoms with Crippen LogP contribution in [0.4, 0.5) is 0 Å². The van der Waals surface area contributed by atoms with E-state index in [1.165, 1.54) is 38.5 Å². The average Bonchev–Trinajstić information content (AvgIpc) is 2.79. The van der Waals surface area contributed by atoms with Crippen LogP contribution in [-0.2, 0) is 4.79 Å². The highest BCUT2D eigenvalue weighted by molar-refractivity contribution is 5.83. The van der Waals surface area contributed by atoms with Crippen molar-refractivity contribution in [1.29, 1.82) is 0 Å². The maximum absolute atomic E-state index is 11.8. The fraction of sp³-hybridized carbons (Fsp3) is 0.909. The van der Waals surface area contributed by atoms with Crippen LogP contribution in [0.15, 0.2) is 0 Å². The lowest BCUT2D eigenvalue weighted by Crippen LogP contribution is -2.20. The van der Waals surface area contributed by atoms with Crippen LogP contribution in [-0.4, -0.2) is 5.78 Å². The summed E-state index contributed by atoms with van der Waals surface area (Å²) in [5.74, 6) is 2.17. The van der Waals surface area contributed by atoms with Crippen molar-refractivity contribution in [1.82, 2.24) is 0 Å². The minimum Gasteiger partial charge on any atom is -0.299 e. The van der Waals surface area contributed by atoms with Gasteiger partial charge in [-0.05, 0) is 31.6 Å². The Hall–Kier alpha value is -0.330. The molecule has 1 atom stereocenters. The van der Waals surface area contributed by atoms with Crippen molar-refractivity contribution >= 4 is 5.78 Å². The van der Waals surface area contributed by atoms with E-state index >= 15 is 0 Å². The second-order valence-corrected chi connectivity index (χ2v) is 4.51. The number of carbonyl (C=O) groups is 1. The van der Waals surface area contributed by atoms with Crippen molar-refractivity contribution in [2.45, 2.75) is 45.4 Å². The van der Waals surface area contributed by atoms with E-state index in [4.69, 9.17) is 0 Å². The van der Waals surface area contributed by atoms with E-state index in [-0.39, 0.29) is 0 Å². The molecule has 0 aliphatic heterocycles. The third-order valence-electron chi connectivity index (χ3n) is 3.54. The van der Waals surface area contributed by atoms with Crippen LogP contribution in [0.25, 0.3) is 0 Å². The first kappa shape index (κ1) is 8.28. The van der Waals surface area contributed by atoms with Crippen molar-refractivity contribution in [3.8, 4) is 0 Å². The fourth-order valence-electron chi connectivity index (χ4n) is 2.41. The van der Waals surface area contributed by atoms with Crippen molar-refractivity contribution < 1.29 is 4.79 Å². The molecular weight excluding hydrogens is 148 g/mol. The SMILES string of the molecule is CC(C(=O)C1CCCC1)C1CC1. The molecular formula is C11H18O. The van der Waals surface area contributed by atoms with Gasteiger partial charge in [0.15, 0.2) is 0 Å². The maximum atomic E-state index is 11.8. The first-order chi connectivity index (χ1) is 5.79. The monoisotopic (exact) mass is 166 g/mol.